The highest BCUT2D eigenvalue weighted by Crippen LogP contribution is 2.12. The van der Waals surface area contributed by atoms with Crippen LogP contribution >= 0.6 is 11.6 Å². The lowest BCUT2D eigenvalue weighted by Crippen LogP contribution is -1.80. The van der Waals surface area contributed by atoms with Crippen molar-refractivity contribution >= 4 is 11.6 Å². The second-order valence-electron chi connectivity index (χ2n) is 4.12. The molecule has 0 saturated carbocycles. The lowest BCUT2D eigenvalue weighted by atomic mass is 10.1. The van der Waals surface area contributed by atoms with E-state index in [0.29, 0.717) is 10.6 Å². The quantitative estimate of drug-likeness (QED) is 0.614. The monoisotopic (exact) mass is 268 g/mol. The van der Waals surface area contributed by atoms with Crippen molar-refractivity contribution in [2.75, 3.05) is 0 Å². The van der Waals surface area contributed by atoms with Crippen molar-refractivity contribution < 1.29 is 8.78 Å². The molecule has 2 aromatic carbocycles. The highest BCUT2D eigenvalue weighted by molar-refractivity contribution is 6.30. The van der Waals surface area contributed by atoms with Crippen molar-refractivity contribution in [3.8, 4) is 0 Å². The first-order valence-corrected chi connectivity index (χ1v) is 5.92. The second-order valence-corrected chi connectivity index (χ2v) is 4.56. The summed E-state index contributed by atoms with van der Waals surface area (Å²) in [6, 6.07) is 9.41. The lowest BCUT2D eigenvalue weighted by molar-refractivity contribution is 0.618. The summed E-state index contributed by atoms with van der Waals surface area (Å²) in [6.45, 7) is 5.57. The molecule has 0 saturated heterocycles. The summed E-state index contributed by atoms with van der Waals surface area (Å²) in [5.41, 5.74) is 2.77. The molecule has 18 heavy (non-hydrogen) atoms. The fourth-order valence-electron chi connectivity index (χ4n) is 1.27. The molecule has 2 aromatic rings. The summed E-state index contributed by atoms with van der Waals surface area (Å²) < 4.78 is 24.8. The summed E-state index contributed by atoms with van der Waals surface area (Å²) in [5.74, 6) is -0.402. The van der Waals surface area contributed by atoms with Crippen molar-refractivity contribution in [3.63, 3.8) is 0 Å². The van der Waals surface area contributed by atoms with Gasteiger partial charge in [-0.3, -0.25) is 0 Å². The van der Waals surface area contributed by atoms with E-state index in [4.69, 9.17) is 11.6 Å². The van der Waals surface area contributed by atoms with Crippen molar-refractivity contribution in [1.82, 2.24) is 0 Å². The van der Waals surface area contributed by atoms with Gasteiger partial charge in [0, 0.05) is 5.02 Å². The van der Waals surface area contributed by atoms with Crippen LogP contribution < -0.4 is 0 Å². The van der Waals surface area contributed by atoms with E-state index in [1.807, 2.05) is 13.8 Å². The fourth-order valence-corrected chi connectivity index (χ4v) is 1.43. The summed E-state index contributed by atoms with van der Waals surface area (Å²) in [7, 11) is 0. The van der Waals surface area contributed by atoms with Gasteiger partial charge in [0.15, 0.2) is 0 Å². The molecule has 0 spiro atoms. The molecule has 0 aliphatic rings. The van der Waals surface area contributed by atoms with Crippen LogP contribution in [0.3, 0.4) is 0 Å². The van der Waals surface area contributed by atoms with Gasteiger partial charge in [0.05, 0.1) is 0 Å². The van der Waals surface area contributed by atoms with Gasteiger partial charge in [-0.1, -0.05) is 23.7 Å². The van der Waals surface area contributed by atoms with Gasteiger partial charge < -0.3 is 0 Å². The molecular formula is C15H15ClF2. The van der Waals surface area contributed by atoms with Crippen LogP contribution in [0.15, 0.2) is 36.4 Å². The number of halogens is 3. The molecule has 0 aliphatic heterocycles. The maximum atomic E-state index is 12.5. The zero-order chi connectivity index (χ0) is 13.7. The maximum Gasteiger partial charge on any atom is 0.127 e. The topological polar surface area (TPSA) is 0 Å². The summed E-state index contributed by atoms with van der Waals surface area (Å²) in [4.78, 5) is 0. The Labute approximate surface area is 111 Å². The van der Waals surface area contributed by atoms with E-state index >= 15 is 0 Å². The standard InChI is InChI=1S/C8H9F.C7H6ClF/c1-6-3-4-8(9)5-7(6)2;1-5-2-3-6(8)4-7(5)9/h3-5H,1-2H3;2-4H,1H3. The van der Waals surface area contributed by atoms with Crippen LogP contribution in [0.25, 0.3) is 0 Å². The Hall–Kier alpha value is -1.41. The molecule has 0 aromatic heterocycles. The average Bonchev–Trinajstić information content (AvgIpc) is 2.30. The minimum atomic E-state index is -0.248. The highest BCUT2D eigenvalue weighted by Gasteiger charge is 1.94. The Morgan fingerprint density at radius 2 is 1.39 bits per heavy atom. The van der Waals surface area contributed by atoms with E-state index in [0.717, 1.165) is 11.1 Å². The molecule has 0 radical (unpaired) electrons. The van der Waals surface area contributed by atoms with E-state index in [1.54, 1.807) is 25.1 Å². The SMILES string of the molecule is Cc1ccc(Cl)cc1F.Cc1ccc(F)cc1C. The van der Waals surface area contributed by atoms with Gasteiger partial charge >= 0.3 is 0 Å². The number of benzene rings is 2. The predicted molar refractivity (Wildman–Crippen MR) is 72.0 cm³/mol. The van der Waals surface area contributed by atoms with Crippen LogP contribution in [0.2, 0.25) is 5.02 Å². The average molecular weight is 269 g/mol. The van der Waals surface area contributed by atoms with Crippen LogP contribution in [0.4, 0.5) is 8.78 Å². The molecule has 0 atom stereocenters. The van der Waals surface area contributed by atoms with Gasteiger partial charge in [-0.25, -0.2) is 8.78 Å². The van der Waals surface area contributed by atoms with Gasteiger partial charge in [-0.2, -0.15) is 0 Å². The molecule has 0 unspecified atom stereocenters. The van der Waals surface area contributed by atoms with E-state index < -0.39 is 0 Å². The van der Waals surface area contributed by atoms with Crippen LogP contribution in [0.1, 0.15) is 16.7 Å². The first kappa shape index (κ1) is 14.7. The Balaban J connectivity index is 0.000000180. The number of hydrogen-bond acceptors (Lipinski definition) is 0. The molecule has 96 valence electrons. The molecule has 0 aliphatic carbocycles. The predicted octanol–water partition coefficient (Wildman–Crippen LogP) is 5.23. The minimum absolute atomic E-state index is 0.155. The lowest BCUT2D eigenvalue weighted by Gasteiger charge is -1.96. The molecule has 0 N–H and O–H groups in total. The van der Waals surface area contributed by atoms with Crippen LogP contribution in [-0.4, -0.2) is 0 Å². The number of rotatable bonds is 0. The second kappa shape index (κ2) is 6.50. The van der Waals surface area contributed by atoms with Gasteiger partial charge in [0.1, 0.15) is 11.6 Å². The van der Waals surface area contributed by atoms with Gasteiger partial charge in [-0.15, -0.1) is 0 Å². The molecule has 2 rings (SSSR count). The third-order valence-electron chi connectivity index (χ3n) is 2.60. The first-order valence-electron chi connectivity index (χ1n) is 5.54. The van der Waals surface area contributed by atoms with E-state index in [1.165, 1.54) is 18.2 Å². The van der Waals surface area contributed by atoms with Crippen LogP contribution in [0.5, 0.6) is 0 Å². The molecular weight excluding hydrogens is 254 g/mol. The van der Waals surface area contributed by atoms with Crippen molar-refractivity contribution in [1.29, 1.82) is 0 Å². The number of aryl methyl sites for hydroxylation is 3. The highest BCUT2D eigenvalue weighted by atomic mass is 35.5. The third-order valence-corrected chi connectivity index (χ3v) is 2.84. The zero-order valence-electron chi connectivity index (χ0n) is 10.6. The third kappa shape index (κ3) is 4.46. The zero-order valence-corrected chi connectivity index (χ0v) is 11.4. The Morgan fingerprint density at radius 3 is 1.83 bits per heavy atom. The van der Waals surface area contributed by atoms with Crippen LogP contribution in [-0.2, 0) is 0 Å². The van der Waals surface area contributed by atoms with Crippen molar-refractivity contribution in [2.24, 2.45) is 0 Å². The summed E-state index contributed by atoms with van der Waals surface area (Å²) in [5, 5.41) is 0.443. The molecule has 0 fully saturated rings. The molecule has 3 heteroatoms. The van der Waals surface area contributed by atoms with Gasteiger partial charge in [0.2, 0.25) is 0 Å². The summed E-state index contributed by atoms with van der Waals surface area (Å²) >= 11 is 5.48. The van der Waals surface area contributed by atoms with Crippen molar-refractivity contribution in [2.45, 2.75) is 20.8 Å². The number of hydrogen-bond donors (Lipinski definition) is 0. The molecule has 0 amide bonds. The molecule has 0 heterocycles. The molecule has 0 bridgehead atoms. The van der Waals surface area contributed by atoms with E-state index in [9.17, 15) is 8.78 Å². The first-order chi connectivity index (χ1) is 8.40. The normalized spacial score (nSPS) is 9.67. The van der Waals surface area contributed by atoms with Gasteiger partial charge in [-0.05, 0) is 61.7 Å². The van der Waals surface area contributed by atoms with Gasteiger partial charge in [0.25, 0.3) is 0 Å². The maximum absolute atomic E-state index is 12.5. The Morgan fingerprint density at radius 1 is 0.778 bits per heavy atom. The smallest absolute Gasteiger partial charge is 0.127 e. The largest absolute Gasteiger partial charge is 0.207 e. The Bertz CT molecular complexity index is 487. The van der Waals surface area contributed by atoms with Crippen molar-refractivity contribution in [3.05, 3.63) is 69.7 Å². The Kier molecular flexibility index (Phi) is 5.29. The van der Waals surface area contributed by atoms with E-state index in [-0.39, 0.29) is 11.6 Å². The summed E-state index contributed by atoms with van der Waals surface area (Å²) in [6.07, 6.45) is 0. The van der Waals surface area contributed by atoms with E-state index in [2.05, 4.69) is 0 Å². The fraction of sp³-hybridized carbons (Fsp3) is 0.200. The minimum Gasteiger partial charge on any atom is -0.207 e. The molecule has 0 nitrogen and oxygen atoms in total. The van der Waals surface area contributed by atoms with Crippen LogP contribution in [0, 0.1) is 32.4 Å².